The third kappa shape index (κ3) is 2.12. The van der Waals surface area contributed by atoms with Crippen LogP contribution in [0.5, 0.6) is 0 Å². The van der Waals surface area contributed by atoms with Gasteiger partial charge in [0.15, 0.2) is 0 Å². The molecule has 1 aliphatic rings. The van der Waals surface area contributed by atoms with E-state index in [0.717, 1.165) is 41.9 Å². The summed E-state index contributed by atoms with van der Waals surface area (Å²) in [6, 6.07) is 9.16. The second-order valence-corrected chi connectivity index (χ2v) is 5.68. The normalized spacial score (nSPS) is 13.3. The summed E-state index contributed by atoms with van der Waals surface area (Å²) >= 11 is 6.14. The van der Waals surface area contributed by atoms with E-state index < -0.39 is 0 Å². The molecule has 1 aromatic carbocycles. The van der Waals surface area contributed by atoms with Crippen molar-refractivity contribution in [3.8, 4) is 16.8 Å². The highest BCUT2D eigenvalue weighted by atomic mass is 35.5. The molecule has 6 nitrogen and oxygen atoms in total. The molecule has 0 N–H and O–H groups in total. The first kappa shape index (κ1) is 13.2. The van der Waals surface area contributed by atoms with Crippen LogP contribution in [0.2, 0.25) is 5.02 Å². The minimum absolute atomic E-state index is 0.0210. The van der Waals surface area contributed by atoms with Crippen LogP contribution in [-0.4, -0.2) is 24.8 Å². The van der Waals surface area contributed by atoms with Gasteiger partial charge in [0.25, 0.3) is 5.56 Å². The minimum atomic E-state index is 0.0210. The molecule has 0 saturated carbocycles. The van der Waals surface area contributed by atoms with Gasteiger partial charge >= 0.3 is 0 Å². The first-order valence-corrected chi connectivity index (χ1v) is 7.37. The third-order valence-electron chi connectivity index (χ3n) is 3.89. The molecule has 110 valence electrons. The maximum Gasteiger partial charge on any atom is 0.251 e. The molecule has 0 saturated heterocycles. The monoisotopic (exact) mass is 313 g/mol. The van der Waals surface area contributed by atoms with E-state index in [4.69, 9.17) is 11.6 Å². The molecule has 7 heteroatoms. The number of tetrazole rings is 1. The van der Waals surface area contributed by atoms with E-state index in [0.29, 0.717) is 5.02 Å². The Balaban J connectivity index is 1.95. The largest absolute Gasteiger partial charge is 0.313 e. The van der Waals surface area contributed by atoms with Crippen LogP contribution in [0.3, 0.4) is 0 Å². The smallest absolute Gasteiger partial charge is 0.251 e. The van der Waals surface area contributed by atoms with Crippen LogP contribution >= 0.6 is 11.6 Å². The van der Waals surface area contributed by atoms with Gasteiger partial charge in [-0.3, -0.25) is 4.79 Å². The van der Waals surface area contributed by atoms with E-state index in [2.05, 4.69) is 15.5 Å². The first-order chi connectivity index (χ1) is 10.7. The van der Waals surface area contributed by atoms with Gasteiger partial charge in [-0.25, -0.2) is 0 Å². The lowest BCUT2D eigenvalue weighted by Gasteiger charge is -2.11. The summed E-state index contributed by atoms with van der Waals surface area (Å²) in [6.07, 6.45) is 3.45. The van der Waals surface area contributed by atoms with Gasteiger partial charge in [-0.1, -0.05) is 11.6 Å². The van der Waals surface area contributed by atoms with Crippen molar-refractivity contribution in [2.45, 2.75) is 19.4 Å². The number of pyridine rings is 1. The van der Waals surface area contributed by atoms with E-state index in [1.165, 1.54) is 6.33 Å². The molecule has 3 heterocycles. The number of nitrogens with zero attached hydrogens (tertiary/aromatic N) is 5. The van der Waals surface area contributed by atoms with E-state index >= 15 is 0 Å². The molecule has 0 fully saturated rings. The predicted molar refractivity (Wildman–Crippen MR) is 82.2 cm³/mol. The lowest BCUT2D eigenvalue weighted by Crippen LogP contribution is -2.18. The SMILES string of the molecule is O=c1cc(-c2cc(Cl)ccc2-n2cnnn2)cc2n1CCC2. The van der Waals surface area contributed by atoms with Crippen LogP contribution in [-0.2, 0) is 13.0 Å². The summed E-state index contributed by atoms with van der Waals surface area (Å²) < 4.78 is 3.39. The molecule has 22 heavy (non-hydrogen) atoms. The maximum absolute atomic E-state index is 12.3. The second-order valence-electron chi connectivity index (χ2n) is 5.24. The maximum atomic E-state index is 12.3. The number of rotatable bonds is 2. The summed E-state index contributed by atoms with van der Waals surface area (Å²) in [5.74, 6) is 0. The molecule has 0 radical (unpaired) electrons. The number of fused-ring (bicyclic) bond motifs is 1. The van der Waals surface area contributed by atoms with Crippen LogP contribution in [0.1, 0.15) is 12.1 Å². The topological polar surface area (TPSA) is 65.6 Å². The molecular formula is C15H12ClN5O. The van der Waals surface area contributed by atoms with Crippen LogP contribution in [0, 0.1) is 0 Å². The van der Waals surface area contributed by atoms with Crippen molar-refractivity contribution < 1.29 is 0 Å². The van der Waals surface area contributed by atoms with Crippen molar-refractivity contribution in [2.24, 2.45) is 0 Å². The van der Waals surface area contributed by atoms with Gasteiger partial charge in [-0.05, 0) is 53.1 Å². The molecule has 0 aliphatic carbocycles. The highest BCUT2D eigenvalue weighted by Gasteiger charge is 2.16. The van der Waals surface area contributed by atoms with Crippen LogP contribution < -0.4 is 5.56 Å². The quantitative estimate of drug-likeness (QED) is 0.726. The van der Waals surface area contributed by atoms with Crippen LogP contribution in [0.15, 0.2) is 41.5 Å². The van der Waals surface area contributed by atoms with E-state index in [-0.39, 0.29) is 5.56 Å². The molecule has 0 atom stereocenters. The molecule has 0 amide bonds. The summed E-state index contributed by atoms with van der Waals surface area (Å²) in [4.78, 5) is 12.3. The lowest BCUT2D eigenvalue weighted by molar-refractivity contribution is 0.721. The number of hydrogen-bond donors (Lipinski definition) is 0. The Hall–Kier alpha value is -2.47. The number of benzene rings is 1. The number of aromatic nitrogens is 5. The molecule has 0 bridgehead atoms. The Bertz CT molecular complexity index is 901. The van der Waals surface area contributed by atoms with Crippen molar-refractivity contribution in [2.75, 3.05) is 0 Å². The van der Waals surface area contributed by atoms with E-state index in [1.807, 2.05) is 22.8 Å². The fourth-order valence-electron chi connectivity index (χ4n) is 2.90. The second kappa shape index (κ2) is 5.06. The summed E-state index contributed by atoms with van der Waals surface area (Å²) in [5, 5.41) is 11.9. The number of hydrogen-bond acceptors (Lipinski definition) is 4. The number of halogens is 1. The van der Waals surface area contributed by atoms with E-state index in [9.17, 15) is 4.79 Å². The van der Waals surface area contributed by atoms with Crippen molar-refractivity contribution in [3.05, 3.63) is 57.7 Å². The Morgan fingerprint density at radius 1 is 1.18 bits per heavy atom. The Labute approximate surface area is 131 Å². The average Bonchev–Trinajstić information content (AvgIpc) is 3.18. The van der Waals surface area contributed by atoms with Crippen LogP contribution in [0.4, 0.5) is 0 Å². The van der Waals surface area contributed by atoms with Gasteiger partial charge in [-0.15, -0.1) is 5.10 Å². The standard InChI is InChI=1S/C15H12ClN5O/c16-11-3-4-14(21-9-17-18-19-21)13(8-11)10-6-12-2-1-5-20(12)15(22)7-10/h3-4,6-9H,1-2,5H2. The van der Waals surface area contributed by atoms with Gasteiger partial charge in [0.2, 0.25) is 0 Å². The molecule has 1 aliphatic heterocycles. The molecule has 3 aromatic rings. The molecule has 2 aromatic heterocycles. The molecule has 0 unspecified atom stereocenters. The third-order valence-corrected chi connectivity index (χ3v) is 4.13. The Kier molecular flexibility index (Phi) is 3.04. The van der Waals surface area contributed by atoms with Gasteiger partial charge in [0.05, 0.1) is 5.69 Å². The van der Waals surface area contributed by atoms with Gasteiger partial charge in [-0.2, -0.15) is 4.68 Å². The van der Waals surface area contributed by atoms with Gasteiger partial charge in [0, 0.05) is 28.9 Å². The zero-order valence-corrected chi connectivity index (χ0v) is 12.4. The molecule has 4 rings (SSSR count). The fraction of sp³-hybridized carbons (Fsp3) is 0.200. The van der Waals surface area contributed by atoms with Gasteiger partial charge in [0.1, 0.15) is 6.33 Å². The molecular weight excluding hydrogens is 302 g/mol. The zero-order chi connectivity index (χ0) is 15.1. The highest BCUT2D eigenvalue weighted by molar-refractivity contribution is 6.31. The summed E-state index contributed by atoms with van der Waals surface area (Å²) in [7, 11) is 0. The van der Waals surface area contributed by atoms with Gasteiger partial charge < -0.3 is 4.57 Å². The Morgan fingerprint density at radius 2 is 2.09 bits per heavy atom. The Morgan fingerprint density at radius 3 is 2.91 bits per heavy atom. The zero-order valence-electron chi connectivity index (χ0n) is 11.6. The predicted octanol–water partition coefficient (Wildman–Crippen LogP) is 2.09. The summed E-state index contributed by atoms with van der Waals surface area (Å²) in [6.45, 7) is 0.795. The minimum Gasteiger partial charge on any atom is -0.313 e. The van der Waals surface area contributed by atoms with Crippen molar-refractivity contribution in [1.29, 1.82) is 0 Å². The highest BCUT2D eigenvalue weighted by Crippen LogP contribution is 2.30. The summed E-state index contributed by atoms with van der Waals surface area (Å²) in [5.41, 5.74) is 3.55. The van der Waals surface area contributed by atoms with Crippen LogP contribution in [0.25, 0.3) is 16.8 Å². The average molecular weight is 314 g/mol. The number of aryl methyl sites for hydroxylation is 1. The van der Waals surface area contributed by atoms with E-state index in [1.54, 1.807) is 16.8 Å². The van der Waals surface area contributed by atoms with Crippen molar-refractivity contribution in [1.82, 2.24) is 24.8 Å². The lowest BCUT2D eigenvalue weighted by atomic mass is 10.0. The first-order valence-electron chi connectivity index (χ1n) is 6.99. The van der Waals surface area contributed by atoms with Crippen molar-refractivity contribution in [3.63, 3.8) is 0 Å². The van der Waals surface area contributed by atoms with Crippen molar-refractivity contribution >= 4 is 11.6 Å². The molecule has 0 spiro atoms. The fourth-order valence-corrected chi connectivity index (χ4v) is 3.07.